The van der Waals surface area contributed by atoms with Crippen molar-refractivity contribution in [3.63, 3.8) is 0 Å². The minimum atomic E-state index is 0.0219. The van der Waals surface area contributed by atoms with Crippen molar-refractivity contribution in [2.24, 2.45) is 0 Å². The molecule has 1 aromatic carbocycles. The van der Waals surface area contributed by atoms with E-state index in [0.29, 0.717) is 10.6 Å². The number of benzene rings is 1. The van der Waals surface area contributed by atoms with Gasteiger partial charge in [-0.3, -0.25) is 4.79 Å². The van der Waals surface area contributed by atoms with Crippen molar-refractivity contribution < 1.29 is 4.79 Å². The summed E-state index contributed by atoms with van der Waals surface area (Å²) in [6.45, 7) is 5.78. The van der Waals surface area contributed by atoms with Crippen molar-refractivity contribution in [3.05, 3.63) is 45.5 Å². The van der Waals surface area contributed by atoms with Crippen molar-refractivity contribution in [1.82, 2.24) is 9.59 Å². The number of carbonyl (C=O) groups is 1. The highest BCUT2D eigenvalue weighted by molar-refractivity contribution is 7.08. The maximum Gasteiger partial charge on any atom is 0.206 e. The van der Waals surface area contributed by atoms with E-state index in [1.807, 2.05) is 39.0 Å². The first-order valence-corrected chi connectivity index (χ1v) is 5.78. The quantitative estimate of drug-likeness (QED) is 0.748. The fourth-order valence-corrected chi connectivity index (χ4v) is 2.17. The Morgan fingerprint density at radius 3 is 2.62 bits per heavy atom. The Balaban J connectivity index is 2.50. The average molecular weight is 232 g/mol. The molecule has 0 saturated heterocycles. The van der Waals surface area contributed by atoms with Gasteiger partial charge < -0.3 is 0 Å². The molecular formula is C12H12N2OS. The van der Waals surface area contributed by atoms with Crippen molar-refractivity contribution in [2.45, 2.75) is 20.8 Å². The maximum absolute atomic E-state index is 12.2. The summed E-state index contributed by atoms with van der Waals surface area (Å²) in [5, 5.41) is 3.86. The van der Waals surface area contributed by atoms with Crippen LogP contribution >= 0.6 is 11.5 Å². The summed E-state index contributed by atoms with van der Waals surface area (Å²) in [5.41, 5.74) is 3.60. The highest BCUT2D eigenvalue weighted by atomic mass is 32.1. The van der Waals surface area contributed by atoms with Gasteiger partial charge in [-0.25, -0.2) is 0 Å². The lowest BCUT2D eigenvalue weighted by Gasteiger charge is -2.05. The van der Waals surface area contributed by atoms with E-state index < -0.39 is 0 Å². The Kier molecular flexibility index (Phi) is 2.83. The molecule has 0 N–H and O–H groups in total. The molecule has 0 radical (unpaired) electrons. The summed E-state index contributed by atoms with van der Waals surface area (Å²) in [6, 6.07) is 5.76. The van der Waals surface area contributed by atoms with E-state index in [2.05, 4.69) is 9.59 Å². The van der Waals surface area contributed by atoms with E-state index >= 15 is 0 Å². The molecule has 0 aliphatic rings. The summed E-state index contributed by atoms with van der Waals surface area (Å²) in [4.78, 5) is 12.9. The molecule has 0 bridgehead atoms. The maximum atomic E-state index is 12.2. The Labute approximate surface area is 98.3 Å². The van der Waals surface area contributed by atoms with Crippen molar-refractivity contribution in [3.8, 4) is 0 Å². The highest BCUT2D eigenvalue weighted by Crippen LogP contribution is 2.20. The monoisotopic (exact) mass is 232 g/mol. The molecule has 0 amide bonds. The van der Waals surface area contributed by atoms with Gasteiger partial charge in [0.25, 0.3) is 0 Å². The Bertz CT molecular complexity index is 546. The summed E-state index contributed by atoms with van der Waals surface area (Å²) in [5.74, 6) is 0.0219. The van der Waals surface area contributed by atoms with E-state index in [-0.39, 0.29) is 5.78 Å². The minimum absolute atomic E-state index is 0.0219. The number of aromatic nitrogens is 2. The van der Waals surface area contributed by atoms with Gasteiger partial charge in [0.05, 0.1) is 5.69 Å². The van der Waals surface area contributed by atoms with E-state index in [9.17, 15) is 4.79 Å². The molecule has 0 aliphatic heterocycles. The van der Waals surface area contributed by atoms with Gasteiger partial charge in [0, 0.05) is 5.56 Å². The van der Waals surface area contributed by atoms with Crippen LogP contribution in [-0.2, 0) is 0 Å². The standard InChI is InChI=1S/C12H12N2OS/c1-7-5-4-6-10(8(7)2)11(15)12-9(3)13-14-16-12/h4-6H,1-3H3. The Morgan fingerprint density at radius 2 is 2.00 bits per heavy atom. The van der Waals surface area contributed by atoms with Gasteiger partial charge in [0.2, 0.25) is 5.78 Å². The molecule has 3 nitrogen and oxygen atoms in total. The van der Waals surface area contributed by atoms with Crippen LogP contribution in [0.1, 0.15) is 32.1 Å². The second-order valence-corrected chi connectivity index (χ2v) is 4.52. The fourth-order valence-electron chi connectivity index (χ4n) is 1.56. The Hall–Kier alpha value is -1.55. The van der Waals surface area contributed by atoms with Crippen molar-refractivity contribution in [2.75, 3.05) is 0 Å². The molecule has 1 aromatic heterocycles. The minimum Gasteiger partial charge on any atom is -0.288 e. The lowest BCUT2D eigenvalue weighted by atomic mass is 9.99. The summed E-state index contributed by atoms with van der Waals surface area (Å²) in [6.07, 6.45) is 0. The SMILES string of the molecule is Cc1cccc(C(=O)c2snnc2C)c1C. The van der Waals surface area contributed by atoms with Gasteiger partial charge in [-0.1, -0.05) is 22.7 Å². The van der Waals surface area contributed by atoms with Crippen molar-refractivity contribution >= 4 is 17.3 Å². The molecule has 0 fully saturated rings. The smallest absolute Gasteiger partial charge is 0.206 e. The van der Waals surface area contributed by atoms with E-state index in [0.717, 1.165) is 28.2 Å². The number of nitrogens with zero attached hydrogens (tertiary/aromatic N) is 2. The van der Waals surface area contributed by atoms with Gasteiger partial charge in [-0.15, -0.1) is 5.10 Å². The molecule has 16 heavy (non-hydrogen) atoms. The summed E-state index contributed by atoms with van der Waals surface area (Å²) in [7, 11) is 0. The predicted molar refractivity (Wildman–Crippen MR) is 64.0 cm³/mol. The van der Waals surface area contributed by atoms with Crippen LogP contribution in [0.2, 0.25) is 0 Å². The van der Waals surface area contributed by atoms with Crippen LogP contribution in [0.25, 0.3) is 0 Å². The molecule has 0 saturated carbocycles. The molecule has 0 unspecified atom stereocenters. The summed E-state index contributed by atoms with van der Waals surface area (Å²) >= 11 is 1.16. The molecule has 0 aliphatic carbocycles. The zero-order valence-electron chi connectivity index (χ0n) is 9.44. The third-order valence-corrected chi connectivity index (χ3v) is 3.53. The zero-order chi connectivity index (χ0) is 11.7. The number of carbonyl (C=O) groups excluding carboxylic acids is 1. The van der Waals surface area contributed by atoms with Crippen LogP contribution in [0.4, 0.5) is 0 Å². The number of hydrogen-bond donors (Lipinski definition) is 0. The van der Waals surface area contributed by atoms with Gasteiger partial charge in [-0.05, 0) is 43.4 Å². The first kappa shape index (κ1) is 11.0. The van der Waals surface area contributed by atoms with E-state index in [1.165, 1.54) is 0 Å². The summed E-state index contributed by atoms with van der Waals surface area (Å²) < 4.78 is 3.79. The number of ketones is 1. The van der Waals surface area contributed by atoms with Crippen LogP contribution in [0.3, 0.4) is 0 Å². The van der Waals surface area contributed by atoms with E-state index in [4.69, 9.17) is 0 Å². The Morgan fingerprint density at radius 1 is 1.25 bits per heavy atom. The van der Waals surface area contributed by atoms with Crippen LogP contribution in [0, 0.1) is 20.8 Å². The molecule has 4 heteroatoms. The third kappa shape index (κ3) is 1.76. The second kappa shape index (κ2) is 4.14. The number of hydrogen-bond acceptors (Lipinski definition) is 4. The molecule has 2 aromatic rings. The predicted octanol–water partition coefficient (Wildman–Crippen LogP) is 2.69. The van der Waals surface area contributed by atoms with Crippen LogP contribution in [-0.4, -0.2) is 15.4 Å². The number of aryl methyl sites for hydroxylation is 2. The van der Waals surface area contributed by atoms with Crippen LogP contribution < -0.4 is 0 Å². The highest BCUT2D eigenvalue weighted by Gasteiger charge is 2.17. The number of rotatable bonds is 2. The van der Waals surface area contributed by atoms with Gasteiger partial charge >= 0.3 is 0 Å². The first-order chi connectivity index (χ1) is 7.61. The molecular weight excluding hydrogens is 220 g/mol. The lowest BCUT2D eigenvalue weighted by molar-refractivity contribution is 0.104. The third-order valence-electron chi connectivity index (χ3n) is 2.71. The molecule has 0 spiro atoms. The van der Waals surface area contributed by atoms with Crippen LogP contribution in [0.5, 0.6) is 0 Å². The topological polar surface area (TPSA) is 42.9 Å². The largest absolute Gasteiger partial charge is 0.288 e. The first-order valence-electron chi connectivity index (χ1n) is 5.01. The van der Waals surface area contributed by atoms with Crippen LogP contribution in [0.15, 0.2) is 18.2 Å². The fraction of sp³-hybridized carbons (Fsp3) is 0.250. The van der Waals surface area contributed by atoms with E-state index in [1.54, 1.807) is 0 Å². The average Bonchev–Trinajstić information content (AvgIpc) is 2.68. The molecule has 2 rings (SSSR count). The second-order valence-electron chi connectivity index (χ2n) is 3.76. The zero-order valence-corrected chi connectivity index (χ0v) is 10.3. The normalized spacial score (nSPS) is 10.4. The molecule has 0 atom stereocenters. The van der Waals surface area contributed by atoms with Crippen molar-refractivity contribution in [1.29, 1.82) is 0 Å². The van der Waals surface area contributed by atoms with Gasteiger partial charge in [0.15, 0.2) is 0 Å². The molecule has 1 heterocycles. The lowest BCUT2D eigenvalue weighted by Crippen LogP contribution is -2.04. The molecule has 82 valence electrons. The van der Waals surface area contributed by atoms with Gasteiger partial charge in [-0.2, -0.15) is 0 Å². The van der Waals surface area contributed by atoms with Gasteiger partial charge in [0.1, 0.15) is 4.88 Å².